The maximum absolute atomic E-state index is 6.05. The molecule has 23 heavy (non-hydrogen) atoms. The second-order valence-corrected chi connectivity index (χ2v) is 6.79. The summed E-state index contributed by atoms with van der Waals surface area (Å²) < 4.78 is 5.66. The maximum Gasteiger partial charge on any atom is 0.189 e. The quantitative estimate of drug-likeness (QED) is 0.667. The standard InChI is InChI=1S/C17H22N4OS/c1-11(2)16-20-12(10-23-16)9-19-17(18)21-14-7-8-22-15-6-4-3-5-13(14)15/h3-6,10-11,14H,7-9H2,1-2H3,(H3,18,19,21). The molecule has 0 bridgehead atoms. The molecule has 3 rings (SSSR count). The van der Waals surface area contributed by atoms with Crippen LogP contribution < -0.4 is 15.8 Å². The van der Waals surface area contributed by atoms with E-state index in [4.69, 9.17) is 10.5 Å². The lowest BCUT2D eigenvalue weighted by atomic mass is 10.0. The van der Waals surface area contributed by atoms with Crippen molar-refractivity contribution in [1.82, 2.24) is 10.3 Å². The van der Waals surface area contributed by atoms with Gasteiger partial charge in [-0.15, -0.1) is 11.3 Å². The molecule has 1 unspecified atom stereocenters. The van der Waals surface area contributed by atoms with E-state index in [9.17, 15) is 0 Å². The van der Waals surface area contributed by atoms with Crippen molar-refractivity contribution in [3.8, 4) is 5.75 Å². The molecule has 3 N–H and O–H groups in total. The van der Waals surface area contributed by atoms with Gasteiger partial charge >= 0.3 is 0 Å². The van der Waals surface area contributed by atoms with E-state index in [0.717, 1.165) is 28.4 Å². The highest BCUT2D eigenvalue weighted by molar-refractivity contribution is 7.09. The summed E-state index contributed by atoms with van der Waals surface area (Å²) in [7, 11) is 0. The molecule has 1 aliphatic rings. The summed E-state index contributed by atoms with van der Waals surface area (Å²) in [5.41, 5.74) is 8.15. The van der Waals surface area contributed by atoms with Crippen molar-refractivity contribution in [1.29, 1.82) is 0 Å². The maximum atomic E-state index is 6.05. The second kappa shape index (κ2) is 7.00. The summed E-state index contributed by atoms with van der Waals surface area (Å²) >= 11 is 1.68. The molecule has 2 heterocycles. The highest BCUT2D eigenvalue weighted by atomic mass is 32.1. The number of aliphatic imine (C=N–C) groups is 1. The monoisotopic (exact) mass is 330 g/mol. The summed E-state index contributed by atoms with van der Waals surface area (Å²) in [6, 6.07) is 8.18. The van der Waals surface area contributed by atoms with Gasteiger partial charge in [0.1, 0.15) is 5.75 Å². The van der Waals surface area contributed by atoms with Crippen LogP contribution >= 0.6 is 11.3 Å². The zero-order valence-electron chi connectivity index (χ0n) is 13.5. The summed E-state index contributed by atoms with van der Waals surface area (Å²) in [5, 5.41) is 6.49. The van der Waals surface area contributed by atoms with Gasteiger partial charge in [0.05, 0.1) is 29.9 Å². The van der Waals surface area contributed by atoms with Crippen molar-refractivity contribution in [2.24, 2.45) is 10.7 Å². The number of nitrogens with zero attached hydrogens (tertiary/aromatic N) is 2. The van der Waals surface area contributed by atoms with E-state index in [-0.39, 0.29) is 6.04 Å². The van der Waals surface area contributed by atoms with Gasteiger partial charge < -0.3 is 15.8 Å². The minimum Gasteiger partial charge on any atom is -0.493 e. The van der Waals surface area contributed by atoms with Crippen molar-refractivity contribution in [2.45, 2.75) is 38.8 Å². The van der Waals surface area contributed by atoms with Crippen LogP contribution in [0.4, 0.5) is 0 Å². The van der Waals surface area contributed by atoms with Gasteiger partial charge in [-0.05, 0) is 6.07 Å². The predicted octanol–water partition coefficient (Wildman–Crippen LogP) is 3.19. The van der Waals surface area contributed by atoms with E-state index in [0.29, 0.717) is 25.0 Å². The van der Waals surface area contributed by atoms with Crippen LogP contribution in [0.3, 0.4) is 0 Å². The van der Waals surface area contributed by atoms with Gasteiger partial charge in [-0.25, -0.2) is 9.98 Å². The number of benzene rings is 1. The van der Waals surface area contributed by atoms with E-state index >= 15 is 0 Å². The molecule has 1 aromatic heterocycles. The second-order valence-electron chi connectivity index (χ2n) is 5.91. The molecule has 6 heteroatoms. The first-order valence-electron chi connectivity index (χ1n) is 7.86. The molecule has 0 amide bonds. The number of rotatable bonds is 4. The van der Waals surface area contributed by atoms with E-state index in [1.165, 1.54) is 0 Å². The fraction of sp³-hybridized carbons (Fsp3) is 0.412. The van der Waals surface area contributed by atoms with Crippen molar-refractivity contribution in [3.63, 3.8) is 0 Å². The average Bonchev–Trinajstić information content (AvgIpc) is 3.03. The number of hydrogen-bond donors (Lipinski definition) is 2. The van der Waals surface area contributed by atoms with E-state index in [1.807, 2.05) is 18.2 Å². The molecule has 0 fully saturated rings. The normalized spacial score (nSPS) is 17.7. The minimum atomic E-state index is 0.144. The first-order valence-corrected chi connectivity index (χ1v) is 8.74. The van der Waals surface area contributed by atoms with Crippen LogP contribution in [-0.4, -0.2) is 17.6 Å². The van der Waals surface area contributed by atoms with Gasteiger partial charge in [-0.1, -0.05) is 32.0 Å². The van der Waals surface area contributed by atoms with Crippen LogP contribution in [-0.2, 0) is 6.54 Å². The summed E-state index contributed by atoms with van der Waals surface area (Å²) in [6.45, 7) is 5.48. The van der Waals surface area contributed by atoms with Gasteiger partial charge in [0.25, 0.3) is 0 Å². The van der Waals surface area contributed by atoms with E-state index in [1.54, 1.807) is 11.3 Å². The van der Waals surface area contributed by atoms with Crippen molar-refractivity contribution < 1.29 is 4.74 Å². The number of guanidine groups is 1. The molecule has 5 nitrogen and oxygen atoms in total. The number of thiazole rings is 1. The molecule has 1 aliphatic heterocycles. The van der Waals surface area contributed by atoms with Gasteiger partial charge in [-0.3, -0.25) is 0 Å². The zero-order chi connectivity index (χ0) is 16.2. The first kappa shape index (κ1) is 15.8. The van der Waals surface area contributed by atoms with Crippen LogP contribution in [0.5, 0.6) is 5.75 Å². The Kier molecular flexibility index (Phi) is 4.81. The van der Waals surface area contributed by atoms with Gasteiger partial charge in [0, 0.05) is 23.3 Å². The lowest BCUT2D eigenvalue weighted by Crippen LogP contribution is -2.37. The van der Waals surface area contributed by atoms with Gasteiger partial charge in [-0.2, -0.15) is 0 Å². The number of fused-ring (bicyclic) bond motifs is 1. The lowest BCUT2D eigenvalue weighted by Gasteiger charge is -2.26. The van der Waals surface area contributed by atoms with E-state index < -0.39 is 0 Å². The predicted molar refractivity (Wildman–Crippen MR) is 94.0 cm³/mol. The molecule has 0 aliphatic carbocycles. The molecule has 0 saturated heterocycles. The van der Waals surface area contributed by atoms with Crippen molar-refractivity contribution in [2.75, 3.05) is 6.61 Å². The van der Waals surface area contributed by atoms with Crippen molar-refractivity contribution >= 4 is 17.3 Å². The molecule has 2 aromatic rings. The molecule has 0 radical (unpaired) electrons. The van der Waals surface area contributed by atoms with Crippen LogP contribution in [0.2, 0.25) is 0 Å². The van der Waals surface area contributed by atoms with Crippen LogP contribution in [0.25, 0.3) is 0 Å². The van der Waals surface area contributed by atoms with Crippen molar-refractivity contribution in [3.05, 3.63) is 45.9 Å². The molecule has 1 aromatic carbocycles. The molecule has 122 valence electrons. The summed E-state index contributed by atoms with van der Waals surface area (Å²) in [6.07, 6.45) is 0.876. The summed E-state index contributed by atoms with van der Waals surface area (Å²) in [4.78, 5) is 8.99. The molecule has 0 saturated carbocycles. The summed E-state index contributed by atoms with van der Waals surface area (Å²) in [5.74, 6) is 1.82. The Labute approximate surface area is 140 Å². The Balaban J connectivity index is 1.64. The Hall–Kier alpha value is -2.08. The fourth-order valence-electron chi connectivity index (χ4n) is 2.54. The van der Waals surface area contributed by atoms with E-state index in [2.05, 4.69) is 40.6 Å². The molecule has 1 atom stereocenters. The number of hydrogen-bond acceptors (Lipinski definition) is 4. The minimum absolute atomic E-state index is 0.144. The average molecular weight is 330 g/mol. The zero-order valence-corrected chi connectivity index (χ0v) is 14.3. The Morgan fingerprint density at radius 1 is 1.48 bits per heavy atom. The topological polar surface area (TPSA) is 72.5 Å². The number of ether oxygens (including phenoxy) is 1. The fourth-order valence-corrected chi connectivity index (χ4v) is 3.37. The third-order valence-corrected chi connectivity index (χ3v) is 4.95. The largest absolute Gasteiger partial charge is 0.493 e. The molecular formula is C17H22N4OS. The third-order valence-electron chi connectivity index (χ3n) is 3.76. The Bertz CT molecular complexity index is 695. The number of para-hydroxylation sites is 1. The van der Waals surface area contributed by atoms with Gasteiger partial charge in [0.15, 0.2) is 5.96 Å². The van der Waals surface area contributed by atoms with Crippen LogP contribution in [0, 0.1) is 0 Å². The van der Waals surface area contributed by atoms with Crippen LogP contribution in [0.1, 0.15) is 48.5 Å². The number of nitrogens with two attached hydrogens (primary N) is 1. The molecule has 0 spiro atoms. The Morgan fingerprint density at radius 2 is 2.30 bits per heavy atom. The van der Waals surface area contributed by atoms with Gasteiger partial charge in [0.2, 0.25) is 0 Å². The SMILES string of the molecule is CC(C)c1nc(CN=C(N)NC2CCOc3ccccc32)cs1. The Morgan fingerprint density at radius 3 is 3.09 bits per heavy atom. The lowest BCUT2D eigenvalue weighted by molar-refractivity contribution is 0.262. The smallest absolute Gasteiger partial charge is 0.189 e. The first-order chi connectivity index (χ1) is 11.1. The highest BCUT2D eigenvalue weighted by Crippen LogP contribution is 2.31. The number of nitrogens with one attached hydrogen (secondary N) is 1. The third kappa shape index (κ3) is 3.82. The number of aromatic nitrogens is 1. The molecular weight excluding hydrogens is 308 g/mol. The van der Waals surface area contributed by atoms with Crippen LogP contribution in [0.15, 0.2) is 34.6 Å². The highest BCUT2D eigenvalue weighted by Gasteiger charge is 2.21.